The Labute approximate surface area is 215 Å². The molecule has 16 heteroatoms. The molecule has 0 bridgehead atoms. The highest BCUT2D eigenvalue weighted by Gasteiger charge is 2.29. The lowest BCUT2D eigenvalue weighted by molar-refractivity contribution is -0.142. The van der Waals surface area contributed by atoms with E-state index in [1.165, 1.54) is 0 Å². The first-order valence-corrected chi connectivity index (χ1v) is 10.7. The van der Waals surface area contributed by atoms with E-state index in [0.717, 1.165) is 19.1 Å². The van der Waals surface area contributed by atoms with Crippen LogP contribution in [0.4, 0.5) is 26.3 Å². The highest BCUT2D eigenvalue weighted by atomic mass is 19.2. The van der Waals surface area contributed by atoms with Crippen LogP contribution in [-0.2, 0) is 30.5 Å². The summed E-state index contributed by atoms with van der Waals surface area (Å²) in [6.45, 7) is -0.729. The molecule has 0 fully saturated rings. The number of amides is 3. The van der Waals surface area contributed by atoms with Gasteiger partial charge in [-0.15, -0.1) is 0 Å². The van der Waals surface area contributed by atoms with Gasteiger partial charge in [-0.05, 0) is 24.6 Å². The smallest absolute Gasteiger partial charge is 0.309 e. The van der Waals surface area contributed by atoms with Gasteiger partial charge < -0.3 is 25.8 Å². The van der Waals surface area contributed by atoms with Gasteiger partial charge in [0.05, 0.1) is 6.42 Å². The van der Waals surface area contributed by atoms with Gasteiger partial charge in [-0.3, -0.25) is 24.0 Å². The van der Waals surface area contributed by atoms with E-state index in [9.17, 15) is 50.3 Å². The Morgan fingerprint density at radius 3 is 1.95 bits per heavy atom. The predicted molar refractivity (Wildman–Crippen MR) is 117 cm³/mol. The van der Waals surface area contributed by atoms with Crippen molar-refractivity contribution >= 4 is 29.5 Å². The summed E-state index contributed by atoms with van der Waals surface area (Å²) in [5.41, 5.74) is -0.0163. The van der Waals surface area contributed by atoms with Crippen LogP contribution in [0.2, 0.25) is 0 Å². The summed E-state index contributed by atoms with van der Waals surface area (Å²) >= 11 is 0. The number of Topliss-reactive ketones (excluding diaryl/α,β-unsaturated/α-hetero) is 1. The third-order valence-electron chi connectivity index (χ3n) is 4.84. The maximum absolute atomic E-state index is 13.7. The first-order valence-electron chi connectivity index (χ1n) is 10.7. The number of nitrogens with one attached hydrogen (secondary N) is 3. The predicted octanol–water partition coefficient (Wildman–Crippen LogP) is 1.25. The van der Waals surface area contributed by atoms with E-state index in [4.69, 9.17) is 5.11 Å². The molecule has 0 radical (unpaired) electrons. The topological polar surface area (TPSA) is 151 Å². The van der Waals surface area contributed by atoms with Gasteiger partial charge in [-0.2, -0.15) is 8.78 Å². The van der Waals surface area contributed by atoms with Gasteiger partial charge in [0.15, 0.2) is 23.2 Å². The molecule has 0 aliphatic heterocycles. The molecular formula is C23H19F6N3O7. The molecule has 0 aliphatic carbocycles. The molecule has 0 heterocycles. The van der Waals surface area contributed by atoms with Gasteiger partial charge in [0, 0.05) is 18.7 Å². The minimum absolute atomic E-state index is 0.0163. The number of benzene rings is 2. The third-order valence-corrected chi connectivity index (χ3v) is 4.84. The Balaban J connectivity index is 1.98. The number of ketones is 1. The van der Waals surface area contributed by atoms with Crippen LogP contribution in [0.15, 0.2) is 24.3 Å². The van der Waals surface area contributed by atoms with Crippen LogP contribution >= 0.6 is 0 Å². The lowest BCUT2D eigenvalue weighted by Crippen LogP contribution is -2.53. The average molecular weight is 563 g/mol. The molecule has 0 unspecified atom stereocenters. The zero-order valence-electron chi connectivity index (χ0n) is 19.7. The average Bonchev–Trinajstić information content (AvgIpc) is 2.84. The molecule has 2 rings (SSSR count). The number of carboxylic acid groups (broad SMARTS) is 1. The number of carbonyl (C=O) groups excluding carboxylic acids is 4. The number of aliphatic carboxylic acids is 1. The monoisotopic (exact) mass is 563 g/mol. The summed E-state index contributed by atoms with van der Waals surface area (Å²) in [6, 6.07) is -1.17. The second-order valence-electron chi connectivity index (χ2n) is 7.87. The molecule has 0 saturated carbocycles. The second-order valence-corrected chi connectivity index (χ2v) is 7.87. The molecule has 0 aliphatic rings. The van der Waals surface area contributed by atoms with Crippen molar-refractivity contribution in [3.05, 3.63) is 64.7 Å². The molecule has 0 aromatic heterocycles. The summed E-state index contributed by atoms with van der Waals surface area (Å²) in [4.78, 5) is 59.8. The Bertz CT molecular complexity index is 1260. The number of rotatable bonds is 11. The van der Waals surface area contributed by atoms with Crippen molar-refractivity contribution in [3.8, 4) is 5.75 Å². The second kappa shape index (κ2) is 13.3. The summed E-state index contributed by atoms with van der Waals surface area (Å²) in [7, 11) is 0. The van der Waals surface area contributed by atoms with E-state index >= 15 is 0 Å². The van der Waals surface area contributed by atoms with Crippen molar-refractivity contribution in [2.75, 3.05) is 6.61 Å². The van der Waals surface area contributed by atoms with Crippen LogP contribution in [0.5, 0.6) is 5.75 Å². The highest BCUT2D eigenvalue weighted by molar-refractivity contribution is 6.35. The van der Waals surface area contributed by atoms with Crippen molar-refractivity contribution in [1.29, 1.82) is 0 Å². The number of halogens is 6. The SMILES string of the molecule is C[C@H](NC(=O)C(=O)NCc1cc(F)cc(F)c1)C(=O)N[C@@H](CC(=O)O)C(=O)COc1c(F)c(F)cc(F)c1F. The summed E-state index contributed by atoms with van der Waals surface area (Å²) in [5.74, 6) is -17.8. The van der Waals surface area contributed by atoms with Gasteiger partial charge in [0.1, 0.15) is 30.3 Å². The molecular weight excluding hydrogens is 544 g/mol. The standard InChI is InChI=1S/C23H19F6N3O7/c1-9(31-23(38)22(37)30-7-10-2-11(24)4-12(25)3-10)21(36)32-15(6-17(34)35)16(33)8-39-20-18(28)13(26)5-14(27)19(20)29/h2-5,9,15H,6-8H2,1H3,(H,30,37)(H,31,38)(H,32,36)(H,34,35)/t9-,15-/m0/s1. The van der Waals surface area contributed by atoms with Crippen molar-refractivity contribution in [2.45, 2.75) is 32.0 Å². The van der Waals surface area contributed by atoms with E-state index in [1.807, 2.05) is 10.6 Å². The number of ether oxygens (including phenoxy) is 1. The quantitative estimate of drug-likeness (QED) is 0.183. The molecule has 210 valence electrons. The lowest BCUT2D eigenvalue weighted by atomic mass is 10.1. The summed E-state index contributed by atoms with van der Waals surface area (Å²) < 4.78 is 84.9. The zero-order chi connectivity index (χ0) is 29.4. The van der Waals surface area contributed by atoms with Gasteiger partial charge in [0.25, 0.3) is 0 Å². The number of hydrogen-bond acceptors (Lipinski definition) is 6. The van der Waals surface area contributed by atoms with E-state index in [2.05, 4.69) is 10.1 Å². The molecule has 0 saturated heterocycles. The van der Waals surface area contributed by atoms with Gasteiger partial charge in [-0.25, -0.2) is 17.6 Å². The zero-order valence-corrected chi connectivity index (χ0v) is 19.7. The molecule has 2 aromatic carbocycles. The number of carboxylic acids is 1. The van der Waals surface area contributed by atoms with Crippen molar-refractivity contribution < 1.29 is 60.2 Å². The van der Waals surface area contributed by atoms with Crippen LogP contribution in [0.1, 0.15) is 18.9 Å². The van der Waals surface area contributed by atoms with Gasteiger partial charge in [-0.1, -0.05) is 0 Å². The van der Waals surface area contributed by atoms with E-state index in [-0.39, 0.29) is 11.6 Å². The Hall–Kier alpha value is -4.63. The molecule has 0 spiro atoms. The molecule has 2 aromatic rings. The lowest BCUT2D eigenvalue weighted by Gasteiger charge is -2.20. The Morgan fingerprint density at radius 1 is 0.846 bits per heavy atom. The molecule has 4 N–H and O–H groups in total. The van der Waals surface area contributed by atoms with Gasteiger partial charge >= 0.3 is 17.8 Å². The van der Waals surface area contributed by atoms with Crippen LogP contribution in [0.3, 0.4) is 0 Å². The van der Waals surface area contributed by atoms with Crippen LogP contribution < -0.4 is 20.7 Å². The summed E-state index contributed by atoms with van der Waals surface area (Å²) in [6.07, 6.45) is -1.07. The molecule has 2 atom stereocenters. The fourth-order valence-corrected chi connectivity index (χ4v) is 2.94. The van der Waals surface area contributed by atoms with E-state index in [0.29, 0.717) is 6.07 Å². The fourth-order valence-electron chi connectivity index (χ4n) is 2.94. The maximum Gasteiger partial charge on any atom is 0.309 e. The van der Waals surface area contributed by atoms with Crippen molar-refractivity contribution in [1.82, 2.24) is 16.0 Å². The minimum Gasteiger partial charge on any atom is -0.481 e. The summed E-state index contributed by atoms with van der Waals surface area (Å²) in [5, 5.41) is 14.9. The van der Waals surface area contributed by atoms with Crippen LogP contribution in [-0.4, -0.2) is 53.3 Å². The fraction of sp³-hybridized carbons (Fsp3) is 0.261. The first-order chi connectivity index (χ1) is 18.2. The van der Waals surface area contributed by atoms with Crippen LogP contribution in [0.25, 0.3) is 0 Å². The third kappa shape index (κ3) is 8.72. The minimum atomic E-state index is -1.96. The van der Waals surface area contributed by atoms with E-state index < -0.39 is 102 Å². The molecule has 3 amide bonds. The molecule has 10 nitrogen and oxygen atoms in total. The number of carbonyl (C=O) groups is 5. The van der Waals surface area contributed by atoms with Crippen molar-refractivity contribution in [2.24, 2.45) is 0 Å². The van der Waals surface area contributed by atoms with Crippen LogP contribution in [0, 0.1) is 34.9 Å². The van der Waals surface area contributed by atoms with Crippen molar-refractivity contribution in [3.63, 3.8) is 0 Å². The highest BCUT2D eigenvalue weighted by Crippen LogP contribution is 2.26. The normalized spacial score (nSPS) is 12.2. The van der Waals surface area contributed by atoms with E-state index in [1.54, 1.807) is 0 Å². The number of hydrogen-bond donors (Lipinski definition) is 4. The maximum atomic E-state index is 13.7. The molecule has 39 heavy (non-hydrogen) atoms. The Morgan fingerprint density at radius 2 is 1.41 bits per heavy atom. The largest absolute Gasteiger partial charge is 0.481 e. The first kappa shape index (κ1) is 30.6. The Kier molecular flexibility index (Phi) is 10.4. The van der Waals surface area contributed by atoms with Gasteiger partial charge in [0.2, 0.25) is 17.5 Å².